The molecule has 0 saturated carbocycles. The first-order chi connectivity index (χ1) is 16.5. The summed E-state index contributed by atoms with van der Waals surface area (Å²) in [7, 11) is 0. The van der Waals surface area contributed by atoms with E-state index in [1.807, 2.05) is 36.4 Å². The van der Waals surface area contributed by atoms with Gasteiger partial charge in [0.15, 0.2) is 0 Å². The largest absolute Gasteiger partial charge is 0.481 e. The minimum Gasteiger partial charge on any atom is -0.481 e. The Labute approximate surface area is 198 Å². The van der Waals surface area contributed by atoms with Crippen LogP contribution in [-0.2, 0) is 9.59 Å². The van der Waals surface area contributed by atoms with Gasteiger partial charge in [-0.25, -0.2) is 9.97 Å². The van der Waals surface area contributed by atoms with E-state index in [0.717, 1.165) is 27.7 Å². The number of carboxylic acids is 1. The quantitative estimate of drug-likeness (QED) is 0.599. The van der Waals surface area contributed by atoms with Crippen LogP contribution in [0.4, 0.5) is 5.95 Å². The maximum absolute atomic E-state index is 13.1. The van der Waals surface area contributed by atoms with E-state index in [9.17, 15) is 14.7 Å². The Hall–Kier alpha value is -3.74. The number of fused-ring (bicyclic) bond motifs is 1. The molecule has 7 heteroatoms. The maximum atomic E-state index is 13.1. The van der Waals surface area contributed by atoms with Crippen LogP contribution in [0.5, 0.6) is 0 Å². The molecule has 1 N–H and O–H groups in total. The zero-order chi connectivity index (χ0) is 23.7. The molecule has 2 aliphatic rings. The first-order valence-corrected chi connectivity index (χ1v) is 11.8. The normalized spacial score (nSPS) is 20.5. The zero-order valence-electron chi connectivity index (χ0n) is 19.2. The van der Waals surface area contributed by atoms with Crippen molar-refractivity contribution in [1.29, 1.82) is 0 Å². The monoisotopic (exact) mass is 456 g/mol. The summed E-state index contributed by atoms with van der Waals surface area (Å²) < 4.78 is 0. The second-order valence-electron chi connectivity index (χ2n) is 9.07. The number of aromatic nitrogens is 2. The Morgan fingerprint density at radius 1 is 0.912 bits per heavy atom. The molecular formula is C27H28N4O3. The number of amides is 1. The number of rotatable bonds is 4. The van der Waals surface area contributed by atoms with E-state index >= 15 is 0 Å². The maximum Gasteiger partial charge on any atom is 0.307 e. The van der Waals surface area contributed by atoms with Crippen molar-refractivity contribution in [1.82, 2.24) is 14.9 Å². The number of hydrogen-bond donors (Lipinski definition) is 1. The molecule has 1 aromatic heterocycles. The summed E-state index contributed by atoms with van der Waals surface area (Å²) in [6.45, 7) is 4.34. The molecule has 1 saturated heterocycles. The van der Waals surface area contributed by atoms with Gasteiger partial charge in [-0.05, 0) is 31.9 Å². The number of carbonyl (C=O) groups is 2. The Balaban J connectivity index is 1.38. The van der Waals surface area contributed by atoms with Crippen molar-refractivity contribution in [3.8, 4) is 11.3 Å². The van der Waals surface area contributed by atoms with E-state index in [2.05, 4.69) is 36.1 Å². The van der Waals surface area contributed by atoms with Crippen molar-refractivity contribution in [2.75, 3.05) is 31.1 Å². The molecule has 0 radical (unpaired) electrons. The van der Waals surface area contributed by atoms with E-state index in [4.69, 9.17) is 9.97 Å². The number of benzene rings is 2. The van der Waals surface area contributed by atoms with Crippen LogP contribution >= 0.6 is 0 Å². The molecule has 174 valence electrons. The lowest BCUT2D eigenvalue weighted by Crippen LogP contribution is -2.52. The van der Waals surface area contributed by atoms with E-state index in [1.165, 1.54) is 0 Å². The number of aliphatic carboxylic acids is 1. The number of allylic oxidation sites excluding steroid dienone is 2. The Morgan fingerprint density at radius 3 is 2.32 bits per heavy atom. The average Bonchev–Trinajstić information content (AvgIpc) is 2.88. The van der Waals surface area contributed by atoms with Gasteiger partial charge in [0.1, 0.15) is 0 Å². The predicted molar refractivity (Wildman–Crippen MR) is 131 cm³/mol. The molecule has 3 aromatic rings. The number of carbonyl (C=O) groups excluding carboxylic acids is 1. The predicted octanol–water partition coefficient (Wildman–Crippen LogP) is 3.92. The van der Waals surface area contributed by atoms with Crippen LogP contribution in [-0.4, -0.2) is 58.0 Å². The number of nitrogens with zero attached hydrogens (tertiary/aromatic N) is 4. The topological polar surface area (TPSA) is 86.6 Å². The highest BCUT2D eigenvalue weighted by Crippen LogP contribution is 2.31. The van der Waals surface area contributed by atoms with E-state index in [0.29, 0.717) is 45.0 Å². The molecule has 7 nitrogen and oxygen atoms in total. The van der Waals surface area contributed by atoms with Crippen LogP contribution in [0.2, 0.25) is 0 Å². The summed E-state index contributed by atoms with van der Waals surface area (Å²) in [6, 6.07) is 16.3. The summed E-state index contributed by atoms with van der Waals surface area (Å²) >= 11 is 0. The average molecular weight is 457 g/mol. The minimum absolute atomic E-state index is 0.0590. The van der Waals surface area contributed by atoms with Gasteiger partial charge in [-0.15, -0.1) is 0 Å². The van der Waals surface area contributed by atoms with Crippen LogP contribution in [0.15, 0.2) is 60.7 Å². The smallest absolute Gasteiger partial charge is 0.307 e. The molecule has 2 atom stereocenters. The summed E-state index contributed by atoms with van der Waals surface area (Å²) in [5.74, 6) is -1.42. The molecule has 1 aliphatic carbocycles. The van der Waals surface area contributed by atoms with Gasteiger partial charge in [-0.2, -0.15) is 0 Å². The lowest BCUT2D eigenvalue weighted by atomic mass is 9.82. The van der Waals surface area contributed by atoms with E-state index in [1.54, 1.807) is 4.90 Å². The van der Waals surface area contributed by atoms with Crippen LogP contribution in [0.25, 0.3) is 22.2 Å². The molecule has 1 aliphatic heterocycles. The summed E-state index contributed by atoms with van der Waals surface area (Å²) in [6.07, 6.45) is 4.69. The number of piperazine rings is 1. The first-order valence-electron chi connectivity index (χ1n) is 11.8. The molecular weight excluding hydrogens is 428 g/mol. The number of hydrogen-bond acceptors (Lipinski definition) is 5. The molecule has 5 rings (SSSR count). The van der Waals surface area contributed by atoms with Gasteiger partial charge >= 0.3 is 5.97 Å². The van der Waals surface area contributed by atoms with Crippen molar-refractivity contribution in [3.05, 3.63) is 66.2 Å². The van der Waals surface area contributed by atoms with E-state index in [-0.39, 0.29) is 5.91 Å². The van der Waals surface area contributed by atoms with Crippen LogP contribution in [0.3, 0.4) is 0 Å². The standard InChI is InChI=1S/C27H28N4O3/c1-18-11-12-23-22(17-18)24(19-7-3-2-4-8-19)29-27(28-23)31-15-13-30(14-16-31)25(32)20-9-5-6-10-21(20)26(33)34/h2-8,11-12,17,20-21H,9-10,13-16H2,1H3,(H,33,34)/t20-,21-/m0/s1. The molecule has 0 bridgehead atoms. The summed E-state index contributed by atoms with van der Waals surface area (Å²) in [5, 5.41) is 10.6. The fourth-order valence-electron chi connectivity index (χ4n) is 4.91. The second-order valence-corrected chi connectivity index (χ2v) is 9.07. The Bertz CT molecular complexity index is 1250. The highest BCUT2D eigenvalue weighted by Gasteiger charge is 2.37. The van der Waals surface area contributed by atoms with Gasteiger partial charge in [-0.1, -0.05) is 54.1 Å². The lowest BCUT2D eigenvalue weighted by molar-refractivity contribution is -0.150. The second kappa shape index (κ2) is 9.25. The Kier molecular flexibility index (Phi) is 6.01. The summed E-state index contributed by atoms with van der Waals surface area (Å²) in [5.41, 5.74) is 4.00. The van der Waals surface area contributed by atoms with Gasteiger partial charge in [0.05, 0.1) is 23.0 Å². The zero-order valence-corrected chi connectivity index (χ0v) is 19.2. The van der Waals surface area contributed by atoms with Crippen molar-refractivity contribution in [2.24, 2.45) is 11.8 Å². The fraction of sp³-hybridized carbons (Fsp3) is 0.333. The Morgan fingerprint density at radius 2 is 1.62 bits per heavy atom. The number of carboxylic acid groups (broad SMARTS) is 1. The van der Waals surface area contributed by atoms with Gasteiger partial charge in [0.2, 0.25) is 11.9 Å². The lowest BCUT2D eigenvalue weighted by Gasteiger charge is -2.37. The molecule has 2 heterocycles. The summed E-state index contributed by atoms with van der Waals surface area (Å²) in [4.78, 5) is 38.5. The van der Waals surface area contributed by atoms with Crippen molar-refractivity contribution >= 4 is 28.7 Å². The highest BCUT2D eigenvalue weighted by molar-refractivity contribution is 5.93. The third-order valence-electron chi connectivity index (χ3n) is 6.83. The third-order valence-corrected chi connectivity index (χ3v) is 6.83. The van der Waals surface area contributed by atoms with Crippen LogP contribution < -0.4 is 4.90 Å². The number of aryl methyl sites for hydroxylation is 1. The SMILES string of the molecule is Cc1ccc2nc(N3CCN(C(=O)[C@H]4CC=CC[C@@H]4C(=O)O)CC3)nc(-c3ccccc3)c2c1. The van der Waals surface area contributed by atoms with Crippen molar-refractivity contribution in [3.63, 3.8) is 0 Å². The van der Waals surface area contributed by atoms with Gasteiger partial charge in [0.25, 0.3) is 0 Å². The van der Waals surface area contributed by atoms with Crippen molar-refractivity contribution < 1.29 is 14.7 Å². The highest BCUT2D eigenvalue weighted by atomic mass is 16.4. The fourth-order valence-corrected chi connectivity index (χ4v) is 4.91. The number of anilines is 1. The van der Waals surface area contributed by atoms with Gasteiger partial charge in [-0.3, -0.25) is 9.59 Å². The third kappa shape index (κ3) is 4.25. The van der Waals surface area contributed by atoms with Crippen LogP contribution in [0.1, 0.15) is 18.4 Å². The molecule has 1 amide bonds. The molecule has 1 fully saturated rings. The first kappa shape index (κ1) is 22.1. The molecule has 2 aromatic carbocycles. The van der Waals surface area contributed by atoms with E-state index < -0.39 is 17.8 Å². The van der Waals surface area contributed by atoms with Crippen LogP contribution in [0, 0.1) is 18.8 Å². The van der Waals surface area contributed by atoms with Crippen molar-refractivity contribution in [2.45, 2.75) is 19.8 Å². The molecule has 0 unspecified atom stereocenters. The minimum atomic E-state index is -0.894. The van der Waals surface area contributed by atoms with Gasteiger partial charge in [0, 0.05) is 37.1 Å². The van der Waals surface area contributed by atoms with Gasteiger partial charge < -0.3 is 14.9 Å². The molecule has 0 spiro atoms. The molecule has 34 heavy (non-hydrogen) atoms.